The molecule has 2 atom stereocenters. The fourth-order valence-corrected chi connectivity index (χ4v) is 2.23. The molecule has 2 unspecified atom stereocenters. The minimum absolute atomic E-state index is 0.160. The van der Waals surface area contributed by atoms with Crippen LogP contribution >= 0.6 is 0 Å². The zero-order valence-electron chi connectivity index (χ0n) is 10.6. The van der Waals surface area contributed by atoms with Crippen LogP contribution in [0.5, 0.6) is 0 Å². The van der Waals surface area contributed by atoms with E-state index in [0.29, 0.717) is 0 Å². The Morgan fingerprint density at radius 3 is 2.56 bits per heavy atom. The molecule has 4 heteroatoms. The Morgan fingerprint density at radius 2 is 2.06 bits per heavy atom. The molecular formula is C12H22BNO2. The lowest BCUT2D eigenvalue weighted by Crippen LogP contribution is -2.37. The Kier molecular flexibility index (Phi) is 4.36. The van der Waals surface area contributed by atoms with Gasteiger partial charge in [-0.2, -0.15) is 0 Å². The first-order valence-corrected chi connectivity index (χ1v) is 5.74. The number of rotatable bonds is 4. The van der Waals surface area contributed by atoms with Crippen LogP contribution in [0.15, 0.2) is 23.8 Å². The first-order valence-electron chi connectivity index (χ1n) is 5.74. The molecule has 0 amide bonds. The Hall–Kier alpha value is -0.575. The second-order valence-corrected chi connectivity index (χ2v) is 5.14. The lowest BCUT2D eigenvalue weighted by molar-refractivity contribution is 0.263. The third-order valence-electron chi connectivity index (χ3n) is 3.70. The Bertz CT molecular complexity index is 299. The zero-order chi connectivity index (χ0) is 12.3. The Balaban J connectivity index is 2.86. The summed E-state index contributed by atoms with van der Waals surface area (Å²) in [4.78, 5) is 2.12. The summed E-state index contributed by atoms with van der Waals surface area (Å²) >= 11 is 0. The van der Waals surface area contributed by atoms with E-state index in [2.05, 4.69) is 24.8 Å². The maximum atomic E-state index is 9.46. The van der Waals surface area contributed by atoms with E-state index < -0.39 is 7.12 Å². The lowest BCUT2D eigenvalue weighted by atomic mass is 9.53. The molecule has 1 aliphatic rings. The highest BCUT2D eigenvalue weighted by Gasteiger charge is 2.41. The van der Waals surface area contributed by atoms with Gasteiger partial charge in [0.25, 0.3) is 0 Å². The van der Waals surface area contributed by atoms with E-state index in [-0.39, 0.29) is 11.2 Å². The van der Waals surface area contributed by atoms with Gasteiger partial charge >= 0.3 is 7.12 Å². The standard InChI is InChI=1S/C12H22BNO2/c1-10-6-5-7-11(13(15)16)12(10,2)8-9-14(3)4/h5-7,11,15-16H,8-9H2,1-4H3. The molecule has 0 aliphatic heterocycles. The number of nitrogens with zero attached hydrogens (tertiary/aromatic N) is 1. The smallest absolute Gasteiger partial charge is 0.427 e. The minimum Gasteiger partial charge on any atom is -0.427 e. The average molecular weight is 223 g/mol. The van der Waals surface area contributed by atoms with Gasteiger partial charge in [0, 0.05) is 5.82 Å². The fourth-order valence-electron chi connectivity index (χ4n) is 2.23. The molecule has 0 heterocycles. The van der Waals surface area contributed by atoms with Gasteiger partial charge < -0.3 is 14.9 Å². The molecule has 0 fully saturated rings. The SMILES string of the molecule is CC1=CC=CC(B(O)O)C1(C)CCN(C)C. The molecule has 0 spiro atoms. The number of allylic oxidation sites excluding steroid dienone is 4. The van der Waals surface area contributed by atoms with E-state index in [1.807, 2.05) is 26.2 Å². The van der Waals surface area contributed by atoms with Gasteiger partial charge in [0.2, 0.25) is 0 Å². The molecule has 16 heavy (non-hydrogen) atoms. The maximum absolute atomic E-state index is 9.46. The van der Waals surface area contributed by atoms with Gasteiger partial charge in [0.15, 0.2) is 0 Å². The van der Waals surface area contributed by atoms with Gasteiger partial charge in [0.05, 0.1) is 0 Å². The minimum atomic E-state index is -1.29. The molecular weight excluding hydrogens is 201 g/mol. The fraction of sp³-hybridized carbons (Fsp3) is 0.667. The van der Waals surface area contributed by atoms with Crippen LogP contribution in [0.25, 0.3) is 0 Å². The van der Waals surface area contributed by atoms with Crippen LogP contribution in [0.1, 0.15) is 20.3 Å². The lowest BCUT2D eigenvalue weighted by Gasteiger charge is -2.39. The van der Waals surface area contributed by atoms with E-state index in [4.69, 9.17) is 0 Å². The molecule has 0 bridgehead atoms. The van der Waals surface area contributed by atoms with Crippen molar-refractivity contribution >= 4 is 7.12 Å². The van der Waals surface area contributed by atoms with E-state index in [0.717, 1.165) is 13.0 Å². The normalized spacial score (nSPS) is 29.4. The first-order chi connectivity index (χ1) is 7.38. The van der Waals surface area contributed by atoms with Gasteiger partial charge in [-0.05, 0) is 39.4 Å². The highest BCUT2D eigenvalue weighted by Crippen LogP contribution is 2.46. The average Bonchev–Trinajstić information content (AvgIpc) is 2.19. The predicted octanol–water partition coefficient (Wildman–Crippen LogP) is 1.30. The highest BCUT2D eigenvalue weighted by atomic mass is 16.4. The predicted molar refractivity (Wildman–Crippen MR) is 68.1 cm³/mol. The second kappa shape index (κ2) is 5.17. The van der Waals surface area contributed by atoms with E-state index >= 15 is 0 Å². The van der Waals surface area contributed by atoms with Gasteiger partial charge in [-0.15, -0.1) is 0 Å². The van der Waals surface area contributed by atoms with E-state index in [1.165, 1.54) is 5.57 Å². The van der Waals surface area contributed by atoms with Crippen LogP contribution in [0, 0.1) is 5.41 Å². The molecule has 0 radical (unpaired) electrons. The topological polar surface area (TPSA) is 43.7 Å². The van der Waals surface area contributed by atoms with Crippen molar-refractivity contribution in [1.82, 2.24) is 4.90 Å². The third-order valence-corrected chi connectivity index (χ3v) is 3.70. The summed E-state index contributed by atoms with van der Waals surface area (Å²) in [5.74, 6) is -0.211. The van der Waals surface area contributed by atoms with Crippen molar-refractivity contribution in [3.63, 3.8) is 0 Å². The third kappa shape index (κ3) is 2.76. The zero-order valence-corrected chi connectivity index (χ0v) is 10.6. The van der Waals surface area contributed by atoms with Crippen LogP contribution in [0.4, 0.5) is 0 Å². The summed E-state index contributed by atoms with van der Waals surface area (Å²) in [6, 6.07) is 0. The summed E-state index contributed by atoms with van der Waals surface area (Å²) in [5.41, 5.74) is 1.06. The first kappa shape index (κ1) is 13.5. The van der Waals surface area contributed by atoms with Gasteiger partial charge in [-0.25, -0.2) is 0 Å². The molecule has 0 saturated heterocycles. The Morgan fingerprint density at radius 1 is 1.44 bits per heavy atom. The van der Waals surface area contributed by atoms with E-state index in [1.54, 1.807) is 0 Å². The molecule has 0 saturated carbocycles. The summed E-state index contributed by atoms with van der Waals surface area (Å²) in [7, 11) is 2.78. The van der Waals surface area contributed by atoms with Crippen molar-refractivity contribution in [3.8, 4) is 0 Å². The summed E-state index contributed by atoms with van der Waals surface area (Å²) in [6.07, 6.45) is 6.80. The summed E-state index contributed by atoms with van der Waals surface area (Å²) < 4.78 is 0. The van der Waals surface area contributed by atoms with Crippen molar-refractivity contribution in [2.24, 2.45) is 5.41 Å². The highest BCUT2D eigenvalue weighted by molar-refractivity contribution is 6.44. The van der Waals surface area contributed by atoms with Crippen LogP contribution in [-0.4, -0.2) is 42.7 Å². The number of hydrogen-bond donors (Lipinski definition) is 2. The van der Waals surface area contributed by atoms with Crippen molar-refractivity contribution < 1.29 is 10.0 Å². The quantitative estimate of drug-likeness (QED) is 0.706. The molecule has 0 aromatic heterocycles. The molecule has 1 aliphatic carbocycles. The van der Waals surface area contributed by atoms with Crippen molar-refractivity contribution in [3.05, 3.63) is 23.8 Å². The molecule has 0 aromatic rings. The molecule has 3 nitrogen and oxygen atoms in total. The maximum Gasteiger partial charge on any atom is 0.459 e. The largest absolute Gasteiger partial charge is 0.459 e. The van der Waals surface area contributed by atoms with Crippen LogP contribution in [0.3, 0.4) is 0 Å². The van der Waals surface area contributed by atoms with Crippen molar-refractivity contribution in [2.75, 3.05) is 20.6 Å². The molecule has 90 valence electrons. The Labute approximate surface area is 98.6 Å². The van der Waals surface area contributed by atoms with Gasteiger partial charge in [-0.1, -0.05) is 30.7 Å². The summed E-state index contributed by atoms with van der Waals surface area (Å²) in [5, 5.41) is 18.9. The monoisotopic (exact) mass is 223 g/mol. The van der Waals surface area contributed by atoms with Crippen LogP contribution < -0.4 is 0 Å². The van der Waals surface area contributed by atoms with Gasteiger partial charge in [-0.3, -0.25) is 0 Å². The van der Waals surface area contributed by atoms with Crippen LogP contribution in [0.2, 0.25) is 5.82 Å². The molecule has 2 N–H and O–H groups in total. The summed E-state index contributed by atoms with van der Waals surface area (Å²) in [6.45, 7) is 5.11. The molecule has 0 aromatic carbocycles. The van der Waals surface area contributed by atoms with Gasteiger partial charge in [0.1, 0.15) is 0 Å². The van der Waals surface area contributed by atoms with E-state index in [9.17, 15) is 10.0 Å². The van der Waals surface area contributed by atoms with Crippen molar-refractivity contribution in [1.29, 1.82) is 0 Å². The van der Waals surface area contributed by atoms with Crippen LogP contribution in [-0.2, 0) is 0 Å². The van der Waals surface area contributed by atoms with Crippen molar-refractivity contribution in [2.45, 2.75) is 26.1 Å². The second-order valence-electron chi connectivity index (χ2n) is 5.14. The molecule has 1 rings (SSSR count). The number of hydrogen-bond acceptors (Lipinski definition) is 3.